The van der Waals surface area contributed by atoms with Crippen molar-refractivity contribution >= 4 is 22.9 Å². The van der Waals surface area contributed by atoms with E-state index in [1.54, 1.807) is 10.8 Å². The van der Waals surface area contributed by atoms with Crippen molar-refractivity contribution in [2.45, 2.75) is 32.9 Å². The van der Waals surface area contributed by atoms with Gasteiger partial charge in [-0.2, -0.15) is 0 Å². The van der Waals surface area contributed by atoms with E-state index in [2.05, 4.69) is 39.4 Å². The van der Waals surface area contributed by atoms with Crippen molar-refractivity contribution in [2.24, 2.45) is 5.92 Å². The lowest BCUT2D eigenvalue weighted by atomic mass is 9.97. The molecular formula is C25H32N6O2. The fraction of sp³-hybridized carbons (Fsp3) is 0.440. The molecule has 8 heteroatoms. The molecule has 1 saturated heterocycles. The van der Waals surface area contributed by atoms with Crippen LogP contribution in [0.4, 0.5) is 5.82 Å². The Kier molecular flexibility index (Phi) is 7.34. The topological polar surface area (TPSA) is 83.4 Å². The summed E-state index contributed by atoms with van der Waals surface area (Å²) in [4.78, 5) is 39.1. The number of nitrogens with zero attached hydrogens (tertiary/aromatic N) is 5. The Bertz CT molecular complexity index is 1150. The molecule has 0 saturated carbocycles. The summed E-state index contributed by atoms with van der Waals surface area (Å²) in [5.41, 5.74) is 2.40. The van der Waals surface area contributed by atoms with Crippen LogP contribution in [0.3, 0.4) is 0 Å². The molecule has 1 aliphatic rings. The minimum absolute atomic E-state index is 0.0473. The molecule has 3 heterocycles. The first-order chi connectivity index (χ1) is 16.1. The van der Waals surface area contributed by atoms with Gasteiger partial charge >= 0.3 is 0 Å². The summed E-state index contributed by atoms with van der Waals surface area (Å²) in [6, 6.07) is 14.0. The molecule has 3 aromatic rings. The Morgan fingerprint density at radius 2 is 2.03 bits per heavy atom. The number of hydrogen-bond donors (Lipinski definition) is 1. The van der Waals surface area contributed by atoms with E-state index in [0.29, 0.717) is 36.6 Å². The highest BCUT2D eigenvalue weighted by atomic mass is 16.2. The molecule has 1 atom stereocenters. The van der Waals surface area contributed by atoms with Gasteiger partial charge in [-0.3, -0.25) is 14.2 Å². The summed E-state index contributed by atoms with van der Waals surface area (Å²) in [5.74, 6) is 0.308. The molecule has 174 valence electrons. The third-order valence-electron chi connectivity index (χ3n) is 6.18. The van der Waals surface area contributed by atoms with Crippen LogP contribution >= 0.6 is 0 Å². The van der Waals surface area contributed by atoms with Crippen LogP contribution in [0.1, 0.15) is 25.3 Å². The number of pyridine rings is 1. The SMILES string of the molecule is CCn1c(=O)c(N2CCCC(C(=O)NCCN(C)Cc3ccccc3)C2)nc2cccnc21. The van der Waals surface area contributed by atoms with Crippen LogP contribution in [0, 0.1) is 5.92 Å². The van der Waals surface area contributed by atoms with E-state index in [9.17, 15) is 9.59 Å². The highest BCUT2D eigenvalue weighted by molar-refractivity contribution is 5.79. The number of aryl methyl sites for hydroxylation is 1. The number of carbonyl (C=O) groups is 1. The van der Waals surface area contributed by atoms with Gasteiger partial charge < -0.3 is 15.1 Å². The number of rotatable bonds is 8. The van der Waals surface area contributed by atoms with Gasteiger partial charge in [0.1, 0.15) is 5.52 Å². The van der Waals surface area contributed by atoms with Crippen molar-refractivity contribution in [1.82, 2.24) is 24.8 Å². The minimum Gasteiger partial charge on any atom is -0.355 e. The van der Waals surface area contributed by atoms with Crippen LogP contribution in [0.2, 0.25) is 0 Å². The Labute approximate surface area is 194 Å². The molecule has 33 heavy (non-hydrogen) atoms. The Morgan fingerprint density at radius 1 is 1.21 bits per heavy atom. The third-order valence-corrected chi connectivity index (χ3v) is 6.18. The highest BCUT2D eigenvalue weighted by Gasteiger charge is 2.28. The van der Waals surface area contributed by atoms with Gasteiger partial charge in [-0.25, -0.2) is 9.97 Å². The predicted molar refractivity (Wildman–Crippen MR) is 130 cm³/mol. The van der Waals surface area contributed by atoms with Gasteiger partial charge in [0, 0.05) is 45.5 Å². The fourth-order valence-corrected chi connectivity index (χ4v) is 4.43. The first-order valence-electron chi connectivity index (χ1n) is 11.7. The maximum Gasteiger partial charge on any atom is 0.295 e. The molecule has 8 nitrogen and oxygen atoms in total. The van der Waals surface area contributed by atoms with Crippen LogP contribution in [-0.4, -0.2) is 58.6 Å². The van der Waals surface area contributed by atoms with Crippen molar-refractivity contribution in [1.29, 1.82) is 0 Å². The van der Waals surface area contributed by atoms with Crippen molar-refractivity contribution in [3.05, 3.63) is 64.6 Å². The van der Waals surface area contributed by atoms with Crippen LogP contribution in [0.15, 0.2) is 53.5 Å². The molecule has 4 rings (SSSR count). The predicted octanol–water partition coefficient (Wildman–Crippen LogP) is 2.28. The molecule has 1 aliphatic heterocycles. The van der Waals surface area contributed by atoms with E-state index in [-0.39, 0.29) is 17.4 Å². The maximum atomic E-state index is 13.1. The van der Waals surface area contributed by atoms with E-state index in [1.807, 2.05) is 42.2 Å². The number of nitrogens with one attached hydrogen (secondary N) is 1. The summed E-state index contributed by atoms with van der Waals surface area (Å²) in [7, 11) is 2.06. The van der Waals surface area contributed by atoms with Gasteiger partial charge in [-0.05, 0) is 44.5 Å². The van der Waals surface area contributed by atoms with Gasteiger partial charge in [0.2, 0.25) is 5.91 Å². The normalized spacial score (nSPS) is 16.3. The van der Waals surface area contributed by atoms with Crippen LogP contribution < -0.4 is 15.8 Å². The number of carbonyl (C=O) groups excluding carboxylic acids is 1. The van der Waals surface area contributed by atoms with Gasteiger partial charge in [0.15, 0.2) is 11.5 Å². The third kappa shape index (κ3) is 5.39. The van der Waals surface area contributed by atoms with Gasteiger partial charge in [-0.1, -0.05) is 30.3 Å². The lowest BCUT2D eigenvalue weighted by molar-refractivity contribution is -0.125. The molecule has 0 radical (unpaired) electrons. The largest absolute Gasteiger partial charge is 0.355 e. The molecule has 0 spiro atoms. The number of aromatic nitrogens is 3. The zero-order valence-corrected chi connectivity index (χ0v) is 19.4. The lowest BCUT2D eigenvalue weighted by Gasteiger charge is -2.32. The zero-order chi connectivity index (χ0) is 23.2. The average molecular weight is 449 g/mol. The lowest BCUT2D eigenvalue weighted by Crippen LogP contribution is -2.46. The number of piperidine rings is 1. The molecule has 0 aliphatic carbocycles. The smallest absolute Gasteiger partial charge is 0.295 e. The first kappa shape index (κ1) is 22.9. The first-order valence-corrected chi connectivity index (χ1v) is 11.7. The number of benzene rings is 1. The summed E-state index contributed by atoms with van der Waals surface area (Å²) in [6.07, 6.45) is 3.34. The molecular weight excluding hydrogens is 416 g/mol. The Hall–Kier alpha value is -3.26. The second-order valence-electron chi connectivity index (χ2n) is 8.63. The molecule has 1 amide bonds. The van der Waals surface area contributed by atoms with Crippen molar-refractivity contribution in [3.8, 4) is 0 Å². The Morgan fingerprint density at radius 3 is 2.82 bits per heavy atom. The molecule has 1 aromatic carbocycles. The number of anilines is 1. The number of amides is 1. The zero-order valence-electron chi connectivity index (χ0n) is 19.4. The van der Waals surface area contributed by atoms with E-state index >= 15 is 0 Å². The summed E-state index contributed by atoms with van der Waals surface area (Å²) < 4.78 is 1.66. The standard InChI is InChI=1S/C25H32N6O2/c1-3-31-22-21(12-7-13-26-22)28-23(25(31)33)30-15-8-11-20(18-30)24(32)27-14-16-29(2)17-19-9-5-4-6-10-19/h4-7,9-10,12-13,20H,3,8,11,14-18H2,1-2H3,(H,27,32). The molecule has 1 N–H and O–H groups in total. The van der Waals surface area contributed by atoms with E-state index < -0.39 is 0 Å². The molecule has 1 unspecified atom stereocenters. The summed E-state index contributed by atoms with van der Waals surface area (Å²) in [5, 5.41) is 3.09. The molecule has 0 bridgehead atoms. The maximum absolute atomic E-state index is 13.1. The van der Waals surface area contributed by atoms with E-state index in [1.165, 1.54) is 5.56 Å². The number of likely N-dealkylation sites (N-methyl/N-ethyl adjacent to an activating group) is 1. The van der Waals surface area contributed by atoms with E-state index in [4.69, 9.17) is 0 Å². The quantitative estimate of drug-likeness (QED) is 0.569. The van der Waals surface area contributed by atoms with Gasteiger partial charge in [0.25, 0.3) is 5.56 Å². The van der Waals surface area contributed by atoms with Crippen LogP contribution in [0.5, 0.6) is 0 Å². The summed E-state index contributed by atoms with van der Waals surface area (Å²) in [6.45, 7) is 5.90. The second kappa shape index (κ2) is 10.6. The highest BCUT2D eigenvalue weighted by Crippen LogP contribution is 2.21. The number of fused-ring (bicyclic) bond motifs is 1. The Balaban J connectivity index is 1.37. The van der Waals surface area contributed by atoms with Crippen molar-refractivity contribution in [2.75, 3.05) is 38.1 Å². The second-order valence-corrected chi connectivity index (χ2v) is 8.63. The molecule has 1 fully saturated rings. The van der Waals surface area contributed by atoms with Crippen molar-refractivity contribution < 1.29 is 4.79 Å². The minimum atomic E-state index is -0.154. The fourth-order valence-electron chi connectivity index (χ4n) is 4.43. The average Bonchev–Trinajstić information content (AvgIpc) is 2.84. The van der Waals surface area contributed by atoms with Gasteiger partial charge in [-0.15, -0.1) is 0 Å². The van der Waals surface area contributed by atoms with Gasteiger partial charge in [0.05, 0.1) is 5.92 Å². The van der Waals surface area contributed by atoms with Crippen molar-refractivity contribution in [3.63, 3.8) is 0 Å². The monoisotopic (exact) mass is 448 g/mol. The summed E-state index contributed by atoms with van der Waals surface area (Å²) >= 11 is 0. The van der Waals surface area contributed by atoms with Crippen LogP contribution in [-0.2, 0) is 17.9 Å². The molecule has 2 aromatic heterocycles. The van der Waals surface area contributed by atoms with E-state index in [0.717, 1.165) is 32.5 Å². The van der Waals surface area contributed by atoms with Crippen LogP contribution in [0.25, 0.3) is 11.2 Å². The number of hydrogen-bond acceptors (Lipinski definition) is 6.